The number of piperidine rings is 1. The number of amides is 2. The minimum absolute atomic E-state index is 0.151. The van der Waals surface area contributed by atoms with Gasteiger partial charge in [-0.2, -0.15) is 0 Å². The summed E-state index contributed by atoms with van der Waals surface area (Å²) in [6.45, 7) is 3.99. The molecular weight excluding hydrogens is 410 g/mol. The fourth-order valence-corrected chi connectivity index (χ4v) is 5.21. The molecular formula is C24H32N3O5+. The summed E-state index contributed by atoms with van der Waals surface area (Å²) in [4.78, 5) is 34.6. The number of carbonyl (C=O) groups excluding carboxylic acids is 2. The van der Waals surface area contributed by atoms with E-state index in [1.165, 1.54) is 45.6 Å². The molecule has 1 saturated carbocycles. The van der Waals surface area contributed by atoms with Crippen LogP contribution in [0.25, 0.3) is 11.0 Å². The van der Waals surface area contributed by atoms with Gasteiger partial charge in [-0.3, -0.25) is 4.79 Å². The Kier molecular flexibility index (Phi) is 5.71. The molecule has 172 valence electrons. The second-order valence-electron chi connectivity index (χ2n) is 9.20. The van der Waals surface area contributed by atoms with E-state index in [4.69, 9.17) is 14.0 Å². The number of hydrogen-bond acceptors (Lipinski definition) is 5. The number of benzene rings is 1. The summed E-state index contributed by atoms with van der Waals surface area (Å²) in [5.41, 5.74) is 0.683. The molecule has 1 aromatic carbocycles. The lowest BCUT2D eigenvalue weighted by Gasteiger charge is -2.47. The van der Waals surface area contributed by atoms with E-state index in [-0.39, 0.29) is 12.0 Å². The molecule has 3 aliphatic rings. The Hall–Kier alpha value is -2.74. The van der Waals surface area contributed by atoms with Crippen molar-refractivity contribution in [3.05, 3.63) is 30.0 Å². The van der Waals surface area contributed by atoms with Crippen molar-refractivity contribution in [3.63, 3.8) is 0 Å². The first kappa shape index (κ1) is 21.1. The van der Waals surface area contributed by atoms with Crippen LogP contribution in [0.4, 0.5) is 4.79 Å². The number of quaternary nitrogens is 1. The molecule has 2 saturated heterocycles. The Morgan fingerprint density at radius 1 is 0.969 bits per heavy atom. The maximum absolute atomic E-state index is 13.0. The van der Waals surface area contributed by atoms with E-state index >= 15 is 0 Å². The van der Waals surface area contributed by atoms with E-state index in [2.05, 4.69) is 0 Å². The molecule has 1 aliphatic carbocycles. The van der Waals surface area contributed by atoms with Crippen LogP contribution in [-0.2, 0) is 4.74 Å². The number of piperazine rings is 1. The molecule has 3 heterocycles. The zero-order chi connectivity index (χ0) is 22.1. The van der Waals surface area contributed by atoms with Gasteiger partial charge >= 0.3 is 6.09 Å². The molecule has 8 heteroatoms. The third-order valence-corrected chi connectivity index (χ3v) is 7.30. The molecule has 5 rings (SSSR count). The number of carbonyl (C=O) groups is 2. The number of fused-ring (bicyclic) bond motifs is 1. The first-order chi connectivity index (χ1) is 15.6. The van der Waals surface area contributed by atoms with Gasteiger partial charge in [0.15, 0.2) is 11.5 Å². The van der Waals surface area contributed by atoms with Crippen molar-refractivity contribution in [1.29, 1.82) is 0 Å². The van der Waals surface area contributed by atoms with Gasteiger partial charge < -0.3 is 23.8 Å². The van der Waals surface area contributed by atoms with Crippen LogP contribution in [0.3, 0.4) is 0 Å². The molecule has 32 heavy (non-hydrogen) atoms. The van der Waals surface area contributed by atoms with Gasteiger partial charge in [0.2, 0.25) is 0 Å². The molecule has 0 radical (unpaired) electrons. The monoisotopic (exact) mass is 442 g/mol. The number of hydrogen-bond donors (Lipinski definition) is 0. The lowest BCUT2D eigenvalue weighted by atomic mass is 9.89. The molecule has 0 N–H and O–H groups in total. The summed E-state index contributed by atoms with van der Waals surface area (Å²) in [7, 11) is 1.37. The Morgan fingerprint density at radius 3 is 2.34 bits per heavy atom. The second kappa shape index (κ2) is 8.65. The maximum atomic E-state index is 13.0. The van der Waals surface area contributed by atoms with Gasteiger partial charge in [0, 0.05) is 57.2 Å². The van der Waals surface area contributed by atoms with Gasteiger partial charge in [-0.05, 0) is 37.1 Å². The SMILES string of the molecule is COC(=O)N1CCN(C(=O)c2cc3cc(O[N+]4(C5CCC5)CCCCC4)ccc3o2)CC1. The fourth-order valence-electron chi connectivity index (χ4n) is 5.21. The molecule has 8 nitrogen and oxygen atoms in total. The van der Waals surface area contributed by atoms with E-state index in [1.54, 1.807) is 15.9 Å². The summed E-state index contributed by atoms with van der Waals surface area (Å²) in [6.07, 6.45) is 7.15. The number of rotatable bonds is 4. The Labute approximate surface area is 188 Å². The van der Waals surface area contributed by atoms with Crippen LogP contribution < -0.4 is 4.84 Å². The number of furan rings is 1. The molecule has 0 bridgehead atoms. The topological polar surface area (TPSA) is 72.2 Å². The van der Waals surface area contributed by atoms with Gasteiger partial charge in [0.25, 0.3) is 5.91 Å². The molecule has 2 aliphatic heterocycles. The Morgan fingerprint density at radius 2 is 1.69 bits per heavy atom. The second-order valence-corrected chi connectivity index (χ2v) is 9.20. The van der Waals surface area contributed by atoms with Crippen LogP contribution in [0.5, 0.6) is 5.75 Å². The van der Waals surface area contributed by atoms with E-state index in [1.807, 2.05) is 18.2 Å². The van der Waals surface area contributed by atoms with Gasteiger partial charge in [0.05, 0.1) is 7.11 Å². The van der Waals surface area contributed by atoms with Gasteiger partial charge in [0.1, 0.15) is 24.7 Å². The first-order valence-corrected chi connectivity index (χ1v) is 11.8. The predicted molar refractivity (Wildman–Crippen MR) is 118 cm³/mol. The lowest BCUT2D eigenvalue weighted by Crippen LogP contribution is -2.62. The average molecular weight is 443 g/mol. The quantitative estimate of drug-likeness (QED) is 0.674. The van der Waals surface area contributed by atoms with E-state index in [0.29, 0.717) is 43.6 Å². The van der Waals surface area contributed by atoms with Crippen LogP contribution in [0.1, 0.15) is 49.1 Å². The van der Waals surface area contributed by atoms with E-state index in [9.17, 15) is 9.59 Å². The van der Waals surface area contributed by atoms with E-state index < -0.39 is 0 Å². The highest BCUT2D eigenvalue weighted by Crippen LogP contribution is 2.37. The number of ether oxygens (including phenoxy) is 1. The molecule has 2 amide bonds. The summed E-state index contributed by atoms with van der Waals surface area (Å²) in [5.74, 6) is 1.02. The zero-order valence-corrected chi connectivity index (χ0v) is 18.8. The maximum Gasteiger partial charge on any atom is 0.409 e. The molecule has 2 aromatic rings. The van der Waals surface area contributed by atoms with Gasteiger partial charge in [-0.15, -0.1) is 4.65 Å². The predicted octanol–water partition coefficient (Wildman–Crippen LogP) is 3.80. The molecule has 0 atom stereocenters. The first-order valence-electron chi connectivity index (χ1n) is 11.8. The van der Waals surface area contributed by atoms with Crippen molar-refractivity contribution in [2.45, 2.75) is 44.6 Å². The molecule has 1 aromatic heterocycles. The zero-order valence-electron chi connectivity index (χ0n) is 18.8. The molecule has 3 fully saturated rings. The molecule has 0 unspecified atom stereocenters. The van der Waals surface area contributed by atoms with Gasteiger partial charge in [-0.1, -0.05) is 0 Å². The Balaban J connectivity index is 1.30. The number of nitrogens with zero attached hydrogens (tertiary/aromatic N) is 3. The van der Waals surface area contributed by atoms with Crippen molar-refractivity contribution < 1.29 is 28.2 Å². The standard InChI is InChI=1S/C24H32N3O5/c1-30-24(29)26-12-10-25(11-13-26)23(28)22-17-18-16-20(8-9-21(18)31-22)32-27(19-6-5-7-19)14-3-2-4-15-27/h8-9,16-17,19H,2-7,10-15H2,1H3/q+1. The third kappa shape index (κ3) is 3.92. The highest BCUT2D eigenvalue weighted by atomic mass is 16.7. The van der Waals surface area contributed by atoms with Crippen molar-refractivity contribution >= 4 is 23.0 Å². The lowest BCUT2D eigenvalue weighted by molar-refractivity contribution is -1.10. The summed E-state index contributed by atoms with van der Waals surface area (Å²) in [6, 6.07) is 8.27. The van der Waals surface area contributed by atoms with Crippen molar-refractivity contribution in [2.75, 3.05) is 46.4 Å². The minimum Gasteiger partial charge on any atom is -0.453 e. The van der Waals surface area contributed by atoms with E-state index in [0.717, 1.165) is 28.9 Å². The van der Waals surface area contributed by atoms with Crippen molar-refractivity contribution in [1.82, 2.24) is 9.80 Å². The van der Waals surface area contributed by atoms with Crippen molar-refractivity contribution in [3.8, 4) is 5.75 Å². The van der Waals surface area contributed by atoms with Crippen LogP contribution in [-0.4, -0.2) is 78.9 Å². The van der Waals surface area contributed by atoms with Crippen molar-refractivity contribution in [2.24, 2.45) is 0 Å². The normalized spacial score (nSPS) is 21.3. The third-order valence-electron chi connectivity index (χ3n) is 7.30. The van der Waals surface area contributed by atoms with Crippen LogP contribution in [0.15, 0.2) is 28.7 Å². The average Bonchev–Trinajstić information content (AvgIpc) is 3.21. The van der Waals surface area contributed by atoms with Crippen LogP contribution >= 0.6 is 0 Å². The fraction of sp³-hybridized carbons (Fsp3) is 0.583. The van der Waals surface area contributed by atoms with Crippen LogP contribution in [0.2, 0.25) is 0 Å². The summed E-state index contributed by atoms with van der Waals surface area (Å²) in [5, 5.41) is 0.878. The molecule has 0 spiro atoms. The highest BCUT2D eigenvalue weighted by Gasteiger charge is 2.45. The summed E-state index contributed by atoms with van der Waals surface area (Å²) < 4.78 is 11.4. The summed E-state index contributed by atoms with van der Waals surface area (Å²) >= 11 is 0. The number of methoxy groups -OCH3 is 1. The van der Waals surface area contributed by atoms with Crippen LogP contribution in [0, 0.1) is 0 Å². The largest absolute Gasteiger partial charge is 0.453 e. The highest BCUT2D eigenvalue weighted by molar-refractivity contribution is 5.96. The smallest absolute Gasteiger partial charge is 0.409 e. The Bertz CT molecular complexity index is 985. The number of hydroxylamine groups is 3. The van der Waals surface area contributed by atoms with Gasteiger partial charge in [-0.25, -0.2) is 4.79 Å². The number of likely N-dealkylation sites (tertiary alicyclic amines) is 1. The minimum atomic E-state index is -0.357.